The van der Waals surface area contributed by atoms with Gasteiger partial charge in [-0.2, -0.15) is 0 Å². The first-order chi connectivity index (χ1) is 4.89. The third kappa shape index (κ3) is 3.53. The van der Waals surface area contributed by atoms with Crippen molar-refractivity contribution < 1.29 is 9.59 Å². The van der Waals surface area contributed by atoms with Crippen molar-refractivity contribution in [1.82, 2.24) is 4.57 Å². The van der Waals surface area contributed by atoms with E-state index in [0.29, 0.717) is 6.42 Å². The monoisotopic (exact) mass is 175 g/mol. The van der Waals surface area contributed by atoms with Crippen LogP contribution in [0.3, 0.4) is 0 Å². The number of hydrogen-bond acceptors (Lipinski definition) is 2. The standard InChI is InChI=1S/C7H17NO2Si/c1-5-6-7(9)8(2)11(3,4)10/h10H,5-6H2,1-4H3. The maximum atomic E-state index is 11.2. The number of rotatable bonds is 3. The van der Waals surface area contributed by atoms with E-state index < -0.39 is 8.48 Å². The van der Waals surface area contributed by atoms with Crippen molar-refractivity contribution in [3.8, 4) is 0 Å². The lowest BCUT2D eigenvalue weighted by molar-refractivity contribution is -0.126. The lowest BCUT2D eigenvalue weighted by atomic mass is 10.3. The fourth-order valence-corrected chi connectivity index (χ4v) is 1.41. The molecular formula is C7H17NO2Si. The zero-order valence-corrected chi connectivity index (χ0v) is 8.72. The van der Waals surface area contributed by atoms with Gasteiger partial charge in [0.15, 0.2) is 0 Å². The van der Waals surface area contributed by atoms with Crippen LogP contribution >= 0.6 is 0 Å². The summed E-state index contributed by atoms with van der Waals surface area (Å²) in [6, 6.07) is 0. The second kappa shape index (κ2) is 3.87. The van der Waals surface area contributed by atoms with Crippen LogP contribution in [0, 0.1) is 0 Å². The van der Waals surface area contributed by atoms with Gasteiger partial charge in [-0.25, -0.2) is 0 Å². The van der Waals surface area contributed by atoms with Crippen LogP contribution in [0.1, 0.15) is 19.8 Å². The van der Waals surface area contributed by atoms with Gasteiger partial charge in [-0.05, 0) is 19.5 Å². The lowest BCUT2D eigenvalue weighted by Gasteiger charge is -2.27. The highest BCUT2D eigenvalue weighted by Crippen LogP contribution is 2.05. The van der Waals surface area contributed by atoms with Gasteiger partial charge in [0.2, 0.25) is 5.91 Å². The molecule has 1 N–H and O–H groups in total. The molecule has 3 nitrogen and oxygen atoms in total. The first kappa shape index (κ1) is 10.6. The third-order valence-corrected chi connectivity index (χ3v) is 3.55. The molecule has 0 aliphatic carbocycles. The van der Waals surface area contributed by atoms with Crippen molar-refractivity contribution in [1.29, 1.82) is 0 Å². The van der Waals surface area contributed by atoms with Crippen molar-refractivity contribution in [3.63, 3.8) is 0 Å². The Hall–Kier alpha value is -0.353. The van der Waals surface area contributed by atoms with Crippen LogP contribution in [0.5, 0.6) is 0 Å². The van der Waals surface area contributed by atoms with Crippen molar-refractivity contribution in [3.05, 3.63) is 0 Å². The predicted octanol–water partition coefficient (Wildman–Crippen LogP) is 0.939. The second-order valence-electron chi connectivity index (χ2n) is 3.20. The van der Waals surface area contributed by atoms with Crippen molar-refractivity contribution in [2.24, 2.45) is 0 Å². The summed E-state index contributed by atoms with van der Waals surface area (Å²) in [5.41, 5.74) is 0. The SMILES string of the molecule is CCCC(=O)N(C)[Si](C)(C)O. The molecule has 0 atom stereocenters. The van der Waals surface area contributed by atoms with Gasteiger partial charge < -0.3 is 9.36 Å². The van der Waals surface area contributed by atoms with Gasteiger partial charge >= 0.3 is 0 Å². The fraction of sp³-hybridized carbons (Fsp3) is 0.857. The van der Waals surface area contributed by atoms with E-state index in [2.05, 4.69) is 0 Å². The normalized spacial score (nSPS) is 11.4. The Bertz CT molecular complexity index is 142. The van der Waals surface area contributed by atoms with Crippen LogP contribution in [0.4, 0.5) is 0 Å². The second-order valence-corrected chi connectivity index (χ2v) is 6.86. The highest BCUT2D eigenvalue weighted by molar-refractivity contribution is 6.69. The average molecular weight is 175 g/mol. The third-order valence-electron chi connectivity index (χ3n) is 1.66. The molecule has 0 aliphatic rings. The first-order valence-corrected chi connectivity index (χ1v) is 6.78. The molecule has 4 heteroatoms. The van der Waals surface area contributed by atoms with Gasteiger partial charge in [-0.1, -0.05) is 6.92 Å². The van der Waals surface area contributed by atoms with Gasteiger partial charge in [0.1, 0.15) is 0 Å². The average Bonchev–Trinajstić information content (AvgIpc) is 1.85. The van der Waals surface area contributed by atoms with Crippen LogP contribution in [-0.4, -0.2) is 30.8 Å². The molecule has 0 heterocycles. The van der Waals surface area contributed by atoms with Gasteiger partial charge in [-0.3, -0.25) is 4.79 Å². The van der Waals surface area contributed by atoms with Gasteiger partial charge in [-0.15, -0.1) is 0 Å². The molecule has 11 heavy (non-hydrogen) atoms. The Morgan fingerprint density at radius 1 is 1.55 bits per heavy atom. The molecule has 0 unspecified atom stereocenters. The van der Waals surface area contributed by atoms with E-state index in [1.807, 2.05) is 6.92 Å². The summed E-state index contributed by atoms with van der Waals surface area (Å²) >= 11 is 0. The molecule has 1 amide bonds. The minimum Gasteiger partial charge on any atom is -0.415 e. The van der Waals surface area contributed by atoms with E-state index in [9.17, 15) is 9.59 Å². The van der Waals surface area contributed by atoms with E-state index >= 15 is 0 Å². The minimum absolute atomic E-state index is 0.0478. The Morgan fingerprint density at radius 3 is 2.27 bits per heavy atom. The predicted molar refractivity (Wildman–Crippen MR) is 47.4 cm³/mol. The summed E-state index contributed by atoms with van der Waals surface area (Å²) < 4.78 is 1.50. The van der Waals surface area contributed by atoms with Crippen molar-refractivity contribution in [2.75, 3.05) is 7.05 Å². The molecule has 0 spiro atoms. The molecular weight excluding hydrogens is 158 g/mol. The summed E-state index contributed by atoms with van der Waals surface area (Å²) in [5, 5.41) is 0. The van der Waals surface area contributed by atoms with E-state index in [1.54, 1.807) is 20.1 Å². The number of carbonyl (C=O) groups is 1. The highest BCUT2D eigenvalue weighted by Gasteiger charge is 2.27. The Balaban J connectivity index is 4.03. The molecule has 0 saturated heterocycles. The molecule has 0 aliphatic heterocycles. The number of nitrogens with zero attached hydrogens (tertiary/aromatic N) is 1. The Kier molecular flexibility index (Phi) is 3.75. The number of hydrogen-bond donors (Lipinski definition) is 1. The number of carbonyl (C=O) groups excluding carboxylic acids is 1. The van der Waals surface area contributed by atoms with Crippen LogP contribution in [-0.2, 0) is 4.79 Å². The van der Waals surface area contributed by atoms with Crippen LogP contribution in [0.15, 0.2) is 0 Å². The van der Waals surface area contributed by atoms with E-state index in [0.717, 1.165) is 6.42 Å². The zero-order valence-electron chi connectivity index (χ0n) is 7.72. The quantitative estimate of drug-likeness (QED) is 0.648. The molecule has 0 fully saturated rings. The first-order valence-electron chi connectivity index (χ1n) is 3.88. The summed E-state index contributed by atoms with van der Waals surface area (Å²) in [6.45, 7) is 5.43. The lowest BCUT2D eigenvalue weighted by Crippen LogP contribution is -2.49. The van der Waals surface area contributed by atoms with Crippen molar-refractivity contribution >= 4 is 14.4 Å². The molecule has 0 bridgehead atoms. The molecule has 0 aromatic carbocycles. The van der Waals surface area contributed by atoms with Crippen LogP contribution in [0.25, 0.3) is 0 Å². The smallest absolute Gasteiger partial charge is 0.293 e. The molecule has 0 saturated carbocycles. The zero-order chi connectivity index (χ0) is 9.07. The topological polar surface area (TPSA) is 40.5 Å². The summed E-state index contributed by atoms with van der Waals surface area (Å²) in [5.74, 6) is 0.0478. The molecule has 66 valence electrons. The van der Waals surface area contributed by atoms with E-state index in [4.69, 9.17) is 0 Å². The van der Waals surface area contributed by atoms with Gasteiger partial charge in [0.25, 0.3) is 8.48 Å². The summed E-state index contributed by atoms with van der Waals surface area (Å²) in [7, 11) is -0.706. The van der Waals surface area contributed by atoms with Gasteiger partial charge in [0.05, 0.1) is 0 Å². The maximum Gasteiger partial charge on any atom is 0.293 e. The van der Waals surface area contributed by atoms with E-state index in [-0.39, 0.29) is 5.91 Å². The molecule has 0 radical (unpaired) electrons. The van der Waals surface area contributed by atoms with Crippen molar-refractivity contribution in [2.45, 2.75) is 32.9 Å². The van der Waals surface area contributed by atoms with E-state index in [1.165, 1.54) is 4.57 Å². The molecule has 0 aromatic heterocycles. The largest absolute Gasteiger partial charge is 0.415 e. The van der Waals surface area contributed by atoms with Crippen LogP contribution < -0.4 is 0 Å². The molecule has 0 rings (SSSR count). The van der Waals surface area contributed by atoms with Crippen LogP contribution in [0.2, 0.25) is 13.1 Å². The Morgan fingerprint density at radius 2 is 2.00 bits per heavy atom. The fourth-order valence-electron chi connectivity index (χ4n) is 0.687. The van der Waals surface area contributed by atoms with Gasteiger partial charge in [0, 0.05) is 13.5 Å². The highest BCUT2D eigenvalue weighted by atomic mass is 28.4. The minimum atomic E-state index is -2.38. The summed E-state index contributed by atoms with van der Waals surface area (Å²) in [4.78, 5) is 20.7. The summed E-state index contributed by atoms with van der Waals surface area (Å²) in [6.07, 6.45) is 1.38. The molecule has 0 aromatic rings. The Labute approximate surface area is 69.2 Å². The maximum absolute atomic E-state index is 11.2. The number of amides is 1.